The second kappa shape index (κ2) is 4.88. The molecule has 3 atom stereocenters. The molecule has 1 aromatic rings. The van der Waals surface area contributed by atoms with E-state index in [1.807, 2.05) is 0 Å². The molecule has 0 radical (unpaired) electrons. The van der Waals surface area contributed by atoms with Crippen LogP contribution in [0.4, 0.5) is 0 Å². The molecule has 112 valence electrons. The number of hydrogen-bond acceptors (Lipinski definition) is 2. The highest BCUT2D eigenvalue weighted by Crippen LogP contribution is 2.52. The fourth-order valence-electron chi connectivity index (χ4n) is 5.00. The van der Waals surface area contributed by atoms with Crippen LogP contribution in [0.15, 0.2) is 23.3 Å². The molecule has 1 saturated carbocycles. The predicted molar refractivity (Wildman–Crippen MR) is 83.8 cm³/mol. The van der Waals surface area contributed by atoms with E-state index in [0.717, 1.165) is 25.0 Å². The summed E-state index contributed by atoms with van der Waals surface area (Å²) in [6.07, 6.45) is 6.68. The normalized spacial score (nSPS) is 30.7. The first-order valence-electron chi connectivity index (χ1n) is 8.25. The number of ether oxygens (including phenoxy) is 1. The number of rotatable bonds is 1. The molecule has 0 aromatic heterocycles. The lowest BCUT2D eigenvalue weighted by Gasteiger charge is -2.37. The smallest absolute Gasteiger partial charge is 0.122 e. The van der Waals surface area contributed by atoms with Gasteiger partial charge in [-0.25, -0.2) is 0 Å². The first-order chi connectivity index (χ1) is 10.2. The molecule has 1 fully saturated rings. The minimum Gasteiger partial charge on any atom is -0.496 e. The molecule has 1 N–H and O–H groups in total. The van der Waals surface area contributed by atoms with Gasteiger partial charge in [-0.2, -0.15) is 0 Å². The standard InChI is InChI=1S/C19H24O2/c1-11-14-5-6-17-16(15(14)7-8-19(11)21-2)4-3-12-9-13(20)10-18(12)17/h7-8,12-13,16,20H,3-6,9-10H2,1-2H3. The fourth-order valence-corrected chi connectivity index (χ4v) is 5.00. The molecule has 0 heterocycles. The Morgan fingerprint density at radius 1 is 1.14 bits per heavy atom. The quantitative estimate of drug-likeness (QED) is 0.793. The van der Waals surface area contributed by atoms with Crippen molar-refractivity contribution in [2.24, 2.45) is 5.92 Å². The van der Waals surface area contributed by atoms with Gasteiger partial charge < -0.3 is 9.84 Å². The maximum absolute atomic E-state index is 10.0. The molecule has 0 bridgehead atoms. The summed E-state index contributed by atoms with van der Waals surface area (Å²) in [4.78, 5) is 0. The Bertz CT molecular complexity index is 614. The van der Waals surface area contributed by atoms with Gasteiger partial charge in [0.1, 0.15) is 5.75 Å². The van der Waals surface area contributed by atoms with Gasteiger partial charge in [0.15, 0.2) is 0 Å². The van der Waals surface area contributed by atoms with Crippen molar-refractivity contribution >= 4 is 0 Å². The fraction of sp³-hybridized carbons (Fsp3) is 0.579. The molecule has 2 heteroatoms. The number of methoxy groups -OCH3 is 1. The van der Waals surface area contributed by atoms with Crippen LogP contribution >= 0.6 is 0 Å². The van der Waals surface area contributed by atoms with Crippen LogP contribution in [0.25, 0.3) is 0 Å². The zero-order valence-electron chi connectivity index (χ0n) is 13.0. The summed E-state index contributed by atoms with van der Waals surface area (Å²) >= 11 is 0. The van der Waals surface area contributed by atoms with Crippen LogP contribution < -0.4 is 4.74 Å². The summed E-state index contributed by atoms with van der Waals surface area (Å²) in [5.74, 6) is 2.30. The number of aliphatic hydroxyl groups is 1. The molecule has 1 aromatic carbocycles. The topological polar surface area (TPSA) is 29.5 Å². The number of fused-ring (bicyclic) bond motifs is 4. The first kappa shape index (κ1) is 13.4. The average molecular weight is 284 g/mol. The summed E-state index contributed by atoms with van der Waals surface area (Å²) in [7, 11) is 1.76. The highest BCUT2D eigenvalue weighted by molar-refractivity contribution is 5.52. The highest BCUT2D eigenvalue weighted by Gasteiger charge is 2.38. The molecule has 2 nitrogen and oxygen atoms in total. The minimum absolute atomic E-state index is 0.0877. The van der Waals surface area contributed by atoms with E-state index >= 15 is 0 Å². The summed E-state index contributed by atoms with van der Waals surface area (Å²) in [6, 6.07) is 4.43. The summed E-state index contributed by atoms with van der Waals surface area (Å²) in [5.41, 5.74) is 7.65. The van der Waals surface area contributed by atoms with Crippen molar-refractivity contribution < 1.29 is 9.84 Å². The molecule has 21 heavy (non-hydrogen) atoms. The lowest BCUT2D eigenvalue weighted by atomic mass is 9.68. The minimum atomic E-state index is -0.0877. The van der Waals surface area contributed by atoms with Crippen LogP contribution in [0.1, 0.15) is 54.7 Å². The van der Waals surface area contributed by atoms with Gasteiger partial charge >= 0.3 is 0 Å². The van der Waals surface area contributed by atoms with Gasteiger partial charge in [-0.3, -0.25) is 0 Å². The van der Waals surface area contributed by atoms with Gasteiger partial charge in [0.05, 0.1) is 13.2 Å². The lowest BCUT2D eigenvalue weighted by Crippen LogP contribution is -2.21. The Morgan fingerprint density at radius 2 is 2.00 bits per heavy atom. The monoisotopic (exact) mass is 284 g/mol. The third-order valence-corrected chi connectivity index (χ3v) is 5.97. The zero-order valence-corrected chi connectivity index (χ0v) is 13.0. The molecule has 0 aliphatic heterocycles. The van der Waals surface area contributed by atoms with E-state index in [0.29, 0.717) is 11.8 Å². The molecule has 3 unspecified atom stereocenters. The van der Waals surface area contributed by atoms with E-state index in [9.17, 15) is 5.11 Å². The Kier molecular flexibility index (Phi) is 3.11. The summed E-state index contributed by atoms with van der Waals surface area (Å²) in [6.45, 7) is 2.20. The number of hydrogen-bond donors (Lipinski definition) is 1. The van der Waals surface area contributed by atoms with E-state index in [-0.39, 0.29) is 6.10 Å². The van der Waals surface area contributed by atoms with Gasteiger partial charge in [0.25, 0.3) is 0 Å². The number of aliphatic hydroxyl groups excluding tert-OH is 1. The van der Waals surface area contributed by atoms with Crippen LogP contribution in [0.2, 0.25) is 0 Å². The van der Waals surface area contributed by atoms with Crippen molar-refractivity contribution in [3.05, 3.63) is 40.0 Å². The highest BCUT2D eigenvalue weighted by atomic mass is 16.5. The second-order valence-electron chi connectivity index (χ2n) is 6.93. The van der Waals surface area contributed by atoms with Crippen LogP contribution in [-0.2, 0) is 6.42 Å². The zero-order chi connectivity index (χ0) is 14.6. The SMILES string of the molecule is COc1ccc2c(c1C)CCC1=C3CC(O)CC3CCC12. The maximum atomic E-state index is 10.0. The van der Waals surface area contributed by atoms with Crippen LogP contribution in [0, 0.1) is 12.8 Å². The van der Waals surface area contributed by atoms with Crippen molar-refractivity contribution in [2.75, 3.05) is 7.11 Å². The number of benzene rings is 1. The number of allylic oxidation sites excluding steroid dienone is 1. The van der Waals surface area contributed by atoms with Crippen molar-refractivity contribution in [2.45, 2.75) is 57.5 Å². The molecule has 0 spiro atoms. The Morgan fingerprint density at radius 3 is 2.81 bits per heavy atom. The molecule has 3 aliphatic rings. The lowest BCUT2D eigenvalue weighted by molar-refractivity contribution is 0.177. The average Bonchev–Trinajstić information content (AvgIpc) is 2.88. The summed E-state index contributed by atoms with van der Waals surface area (Å²) < 4.78 is 5.49. The van der Waals surface area contributed by atoms with Crippen LogP contribution in [-0.4, -0.2) is 18.3 Å². The van der Waals surface area contributed by atoms with Gasteiger partial charge in [-0.1, -0.05) is 17.2 Å². The Hall–Kier alpha value is -1.28. The van der Waals surface area contributed by atoms with Crippen LogP contribution in [0.5, 0.6) is 5.75 Å². The van der Waals surface area contributed by atoms with Gasteiger partial charge in [0, 0.05) is 5.92 Å². The molecule has 3 aliphatic carbocycles. The Balaban J connectivity index is 1.80. The summed E-state index contributed by atoms with van der Waals surface area (Å²) in [5, 5.41) is 10.0. The molecule has 0 amide bonds. The van der Waals surface area contributed by atoms with Gasteiger partial charge in [-0.05, 0) is 74.1 Å². The van der Waals surface area contributed by atoms with Crippen molar-refractivity contribution in [1.29, 1.82) is 0 Å². The predicted octanol–water partition coefficient (Wildman–Crippen LogP) is 3.89. The third-order valence-electron chi connectivity index (χ3n) is 5.97. The van der Waals surface area contributed by atoms with Crippen molar-refractivity contribution in [3.8, 4) is 5.75 Å². The van der Waals surface area contributed by atoms with E-state index in [1.54, 1.807) is 18.3 Å². The molecular weight excluding hydrogens is 260 g/mol. The Labute approximate surface area is 126 Å². The van der Waals surface area contributed by atoms with E-state index in [1.165, 1.54) is 36.0 Å². The first-order valence-corrected chi connectivity index (χ1v) is 8.25. The third kappa shape index (κ3) is 1.96. The van der Waals surface area contributed by atoms with E-state index < -0.39 is 0 Å². The van der Waals surface area contributed by atoms with E-state index in [2.05, 4.69) is 19.1 Å². The van der Waals surface area contributed by atoms with Gasteiger partial charge in [0.2, 0.25) is 0 Å². The van der Waals surface area contributed by atoms with Crippen molar-refractivity contribution in [1.82, 2.24) is 0 Å². The van der Waals surface area contributed by atoms with Crippen LogP contribution in [0.3, 0.4) is 0 Å². The molecular formula is C19H24O2. The second-order valence-corrected chi connectivity index (χ2v) is 6.93. The van der Waals surface area contributed by atoms with Gasteiger partial charge in [-0.15, -0.1) is 0 Å². The van der Waals surface area contributed by atoms with Crippen molar-refractivity contribution in [3.63, 3.8) is 0 Å². The maximum Gasteiger partial charge on any atom is 0.122 e. The molecule has 0 saturated heterocycles. The molecule has 4 rings (SSSR count). The largest absolute Gasteiger partial charge is 0.496 e. The van der Waals surface area contributed by atoms with E-state index in [4.69, 9.17) is 4.74 Å².